The van der Waals surface area contributed by atoms with Gasteiger partial charge in [0, 0.05) is 0 Å². The lowest BCUT2D eigenvalue weighted by Crippen LogP contribution is -2.37. The molecule has 8 nitrogen and oxygen atoms in total. The Morgan fingerprint density at radius 3 is 2.62 bits per heavy atom. The van der Waals surface area contributed by atoms with Crippen LogP contribution in [0.5, 0.6) is 0 Å². The Morgan fingerprint density at radius 2 is 1.84 bits per heavy atom. The number of hydrogen-bond donors (Lipinski definition) is 2. The number of imidazole rings is 1. The van der Waals surface area contributed by atoms with Crippen molar-refractivity contribution in [3.8, 4) is 0 Å². The van der Waals surface area contributed by atoms with Crippen molar-refractivity contribution in [3.63, 3.8) is 0 Å². The number of benzene rings is 2. The van der Waals surface area contributed by atoms with Crippen LogP contribution in [-0.4, -0.2) is 25.5 Å². The van der Waals surface area contributed by atoms with Gasteiger partial charge in [-0.3, -0.25) is 9.78 Å². The molecule has 0 aliphatic carbocycles. The van der Waals surface area contributed by atoms with Gasteiger partial charge in [0.15, 0.2) is 0 Å². The summed E-state index contributed by atoms with van der Waals surface area (Å²) in [6.45, 7) is 1.85. The molecule has 0 aliphatic rings. The van der Waals surface area contributed by atoms with E-state index in [1.54, 1.807) is 6.92 Å². The van der Waals surface area contributed by atoms with Crippen LogP contribution < -0.4 is 11.2 Å². The summed E-state index contributed by atoms with van der Waals surface area (Å²) in [5, 5.41) is 0.254. The molecule has 5 aromatic rings. The number of H-pyrrole nitrogens is 2. The zero-order chi connectivity index (χ0) is 22.2. The molecule has 0 radical (unpaired) electrons. The number of rotatable bonds is 5. The van der Waals surface area contributed by atoms with E-state index in [1.807, 2.05) is 54.6 Å². The van der Waals surface area contributed by atoms with E-state index in [2.05, 4.69) is 15.0 Å². The van der Waals surface area contributed by atoms with Crippen molar-refractivity contribution in [2.45, 2.75) is 19.6 Å². The van der Waals surface area contributed by atoms with E-state index in [0.717, 1.165) is 32.5 Å². The third-order valence-corrected chi connectivity index (χ3v) is 6.26. The van der Waals surface area contributed by atoms with Crippen LogP contribution in [0.1, 0.15) is 34.0 Å². The first-order valence-corrected chi connectivity index (χ1v) is 10.8. The minimum absolute atomic E-state index is 0.123. The van der Waals surface area contributed by atoms with E-state index in [4.69, 9.17) is 4.74 Å². The maximum Gasteiger partial charge on any atom is 0.348 e. The number of carbonyl (C=O) groups is 1. The van der Waals surface area contributed by atoms with Gasteiger partial charge >= 0.3 is 11.7 Å². The van der Waals surface area contributed by atoms with Crippen molar-refractivity contribution in [1.82, 2.24) is 19.5 Å². The maximum atomic E-state index is 13.2. The Morgan fingerprint density at radius 1 is 1.09 bits per heavy atom. The Kier molecular flexibility index (Phi) is 4.95. The molecule has 0 bridgehead atoms. The Balaban J connectivity index is 1.48. The molecule has 5 rings (SSSR count). The van der Waals surface area contributed by atoms with Crippen molar-refractivity contribution >= 4 is 38.6 Å². The second kappa shape index (κ2) is 7.93. The van der Waals surface area contributed by atoms with Crippen molar-refractivity contribution < 1.29 is 9.53 Å². The van der Waals surface area contributed by atoms with Gasteiger partial charge in [0.25, 0.3) is 5.56 Å². The van der Waals surface area contributed by atoms with Crippen LogP contribution in [0.4, 0.5) is 0 Å². The molecule has 1 unspecified atom stereocenters. The fourth-order valence-electron chi connectivity index (χ4n) is 3.56. The highest BCUT2D eigenvalue weighted by atomic mass is 32.1. The lowest BCUT2D eigenvalue weighted by Gasteiger charge is -2.11. The molecular formula is C23H18N4O4S. The predicted molar refractivity (Wildman–Crippen MR) is 122 cm³/mol. The number of hydrogen-bond acceptors (Lipinski definition) is 6. The van der Waals surface area contributed by atoms with Crippen molar-refractivity contribution in [1.29, 1.82) is 0 Å². The summed E-state index contributed by atoms with van der Waals surface area (Å²) < 4.78 is 6.45. The first kappa shape index (κ1) is 20.0. The SMILES string of the molecule is CC(c1nc2ccccc2[nH]1)n1c(=O)[nH]c2sc(C(=O)OCc3ccccc3)cc2c1=O. The topological polar surface area (TPSA) is 110 Å². The number of esters is 1. The monoisotopic (exact) mass is 446 g/mol. The molecule has 0 amide bonds. The molecule has 0 spiro atoms. The molecule has 0 saturated heterocycles. The lowest BCUT2D eigenvalue weighted by molar-refractivity contribution is 0.0478. The highest BCUT2D eigenvalue weighted by molar-refractivity contribution is 7.20. The van der Waals surface area contributed by atoms with Crippen LogP contribution >= 0.6 is 11.3 Å². The largest absolute Gasteiger partial charge is 0.457 e. The highest BCUT2D eigenvalue weighted by Crippen LogP contribution is 2.23. The minimum atomic E-state index is -0.628. The number of aromatic nitrogens is 4. The zero-order valence-electron chi connectivity index (χ0n) is 17.0. The van der Waals surface area contributed by atoms with Gasteiger partial charge in [0.05, 0.1) is 22.5 Å². The first-order chi connectivity index (χ1) is 15.5. The Hall–Kier alpha value is -3.98. The molecule has 9 heteroatoms. The van der Waals surface area contributed by atoms with Crippen LogP contribution in [0.3, 0.4) is 0 Å². The summed E-state index contributed by atoms with van der Waals surface area (Å²) in [5.74, 6) is -0.0527. The summed E-state index contributed by atoms with van der Waals surface area (Å²) in [4.78, 5) is 49.3. The third-order valence-electron chi connectivity index (χ3n) is 5.23. The molecule has 3 aromatic heterocycles. The predicted octanol–water partition coefficient (Wildman–Crippen LogP) is 3.59. The van der Waals surface area contributed by atoms with E-state index in [0.29, 0.717) is 10.7 Å². The molecule has 3 heterocycles. The van der Waals surface area contributed by atoms with Gasteiger partial charge in [-0.05, 0) is 30.7 Å². The van der Waals surface area contributed by atoms with Gasteiger partial charge in [0.2, 0.25) is 0 Å². The van der Waals surface area contributed by atoms with E-state index in [1.165, 1.54) is 6.07 Å². The van der Waals surface area contributed by atoms with Gasteiger partial charge in [-0.2, -0.15) is 0 Å². The number of ether oxygens (including phenoxy) is 1. The fourth-order valence-corrected chi connectivity index (χ4v) is 4.49. The van der Waals surface area contributed by atoms with Gasteiger partial charge in [0.1, 0.15) is 22.1 Å². The number of nitrogens with zero attached hydrogens (tertiary/aromatic N) is 2. The van der Waals surface area contributed by atoms with Gasteiger partial charge < -0.3 is 9.72 Å². The minimum Gasteiger partial charge on any atom is -0.457 e. The van der Waals surface area contributed by atoms with Crippen LogP contribution in [0, 0.1) is 0 Å². The van der Waals surface area contributed by atoms with E-state index in [-0.39, 0.29) is 16.9 Å². The number of para-hydroxylation sites is 2. The molecule has 0 fully saturated rings. The molecule has 0 aliphatic heterocycles. The third kappa shape index (κ3) is 3.52. The second-order valence-corrected chi connectivity index (χ2v) is 8.39. The van der Waals surface area contributed by atoms with Crippen molar-refractivity contribution in [2.75, 3.05) is 0 Å². The molecule has 1 atom stereocenters. The van der Waals surface area contributed by atoms with Gasteiger partial charge in [-0.25, -0.2) is 19.1 Å². The number of nitrogens with one attached hydrogen (secondary N) is 2. The summed E-state index contributed by atoms with van der Waals surface area (Å²) in [5.41, 5.74) is 1.37. The molecule has 32 heavy (non-hydrogen) atoms. The molecule has 160 valence electrons. The summed E-state index contributed by atoms with van der Waals surface area (Å²) in [6, 6.07) is 17.6. The van der Waals surface area contributed by atoms with Gasteiger partial charge in [-0.15, -0.1) is 11.3 Å². The molecule has 0 saturated carbocycles. The lowest BCUT2D eigenvalue weighted by atomic mass is 10.2. The molecule has 2 aromatic carbocycles. The Labute approximate surface area is 185 Å². The smallest absolute Gasteiger partial charge is 0.348 e. The van der Waals surface area contributed by atoms with E-state index < -0.39 is 23.3 Å². The van der Waals surface area contributed by atoms with Crippen LogP contribution in [-0.2, 0) is 11.3 Å². The van der Waals surface area contributed by atoms with Crippen molar-refractivity contribution in [2.24, 2.45) is 0 Å². The summed E-state index contributed by atoms with van der Waals surface area (Å²) >= 11 is 1.02. The number of fused-ring (bicyclic) bond motifs is 2. The van der Waals surface area contributed by atoms with E-state index in [9.17, 15) is 14.4 Å². The van der Waals surface area contributed by atoms with Crippen LogP contribution in [0.2, 0.25) is 0 Å². The zero-order valence-corrected chi connectivity index (χ0v) is 17.8. The fraction of sp³-hybridized carbons (Fsp3) is 0.130. The summed E-state index contributed by atoms with van der Waals surface area (Å²) in [7, 11) is 0. The first-order valence-electron chi connectivity index (χ1n) is 9.95. The molecule has 2 N–H and O–H groups in total. The van der Waals surface area contributed by atoms with E-state index >= 15 is 0 Å². The molecular weight excluding hydrogens is 428 g/mol. The average molecular weight is 446 g/mol. The average Bonchev–Trinajstić information content (AvgIpc) is 3.42. The van der Waals surface area contributed by atoms with Crippen LogP contribution in [0.25, 0.3) is 21.3 Å². The highest BCUT2D eigenvalue weighted by Gasteiger charge is 2.21. The van der Waals surface area contributed by atoms with Gasteiger partial charge in [-0.1, -0.05) is 42.5 Å². The number of aromatic amines is 2. The normalized spacial score (nSPS) is 12.3. The second-order valence-electron chi connectivity index (χ2n) is 7.34. The van der Waals surface area contributed by atoms with Crippen LogP contribution in [0.15, 0.2) is 70.3 Å². The number of carbonyl (C=O) groups excluding carboxylic acids is 1. The van der Waals surface area contributed by atoms with Crippen molar-refractivity contribution in [3.05, 3.63) is 97.8 Å². The maximum absolute atomic E-state index is 13.2. The summed E-state index contributed by atoms with van der Waals surface area (Å²) in [6.07, 6.45) is 0. The number of thiophene rings is 1. The Bertz CT molecular complexity index is 1530. The quantitative estimate of drug-likeness (QED) is 0.401. The standard InChI is InChI=1S/C23H18N4O4S/c1-13(19-24-16-9-5-6-10-17(16)25-19)27-21(28)15-11-18(32-20(15)26-23(27)30)22(29)31-12-14-7-3-2-4-8-14/h2-11,13H,12H2,1H3,(H,24,25)(H,26,30).